The van der Waals surface area contributed by atoms with Crippen molar-refractivity contribution in [2.75, 3.05) is 6.61 Å². The summed E-state index contributed by atoms with van der Waals surface area (Å²) in [4.78, 5) is 0. The molecule has 0 spiro atoms. The van der Waals surface area contributed by atoms with Crippen molar-refractivity contribution in [3.8, 4) is 5.75 Å². The fourth-order valence-electron chi connectivity index (χ4n) is 3.23. The monoisotopic (exact) mass is 383 g/mol. The Kier molecular flexibility index (Phi) is 6.29. The Hall–Kier alpha value is -1.18. The number of benzene rings is 1. The molecule has 0 amide bonds. The number of halogens is 2. The summed E-state index contributed by atoms with van der Waals surface area (Å²) < 4.78 is 44.9. The Bertz CT molecular complexity index is 647. The minimum atomic E-state index is -2.67. The molecule has 27 heavy (non-hydrogen) atoms. The van der Waals surface area contributed by atoms with E-state index in [-0.39, 0.29) is 17.9 Å². The summed E-state index contributed by atoms with van der Waals surface area (Å²) in [5.74, 6) is 0.537. The average Bonchev–Trinajstić information content (AvgIpc) is 2.72. The molecule has 1 aromatic rings. The van der Waals surface area contributed by atoms with Gasteiger partial charge in [-0.05, 0) is 64.6 Å². The van der Waals surface area contributed by atoms with E-state index in [0.717, 1.165) is 6.42 Å². The van der Waals surface area contributed by atoms with Gasteiger partial charge in [0.15, 0.2) is 0 Å². The molecule has 0 radical (unpaired) electrons. The minimum Gasteiger partial charge on any atom is -0.491 e. The van der Waals surface area contributed by atoms with Crippen LogP contribution >= 0.6 is 0 Å². The molecule has 0 unspecified atom stereocenters. The molecule has 2 N–H and O–H groups in total. The molecule has 2 rings (SSSR count). The smallest absolute Gasteiger partial charge is 0.491 e. The van der Waals surface area contributed by atoms with Gasteiger partial charge in [-0.15, -0.1) is 0 Å². The third-order valence-electron chi connectivity index (χ3n) is 5.23. The zero-order valence-electron chi connectivity index (χ0n) is 17.4. The second-order valence-corrected chi connectivity index (χ2v) is 9.23. The summed E-state index contributed by atoms with van der Waals surface area (Å²) in [5, 5.41) is 0. The number of alkyl halides is 2. The van der Waals surface area contributed by atoms with Gasteiger partial charge in [0.05, 0.1) is 16.8 Å². The third kappa shape index (κ3) is 5.21. The van der Waals surface area contributed by atoms with E-state index in [0.29, 0.717) is 11.4 Å². The summed E-state index contributed by atoms with van der Waals surface area (Å²) in [6.45, 7) is 13.9. The third-order valence-corrected chi connectivity index (χ3v) is 5.23. The molecule has 0 aliphatic carbocycles. The van der Waals surface area contributed by atoms with Gasteiger partial charge in [-0.2, -0.15) is 0 Å². The molecule has 0 aromatic heterocycles. The lowest BCUT2D eigenvalue weighted by molar-refractivity contribution is 0.00578. The van der Waals surface area contributed by atoms with E-state index in [9.17, 15) is 8.78 Å². The van der Waals surface area contributed by atoms with Crippen LogP contribution in [-0.4, -0.2) is 30.5 Å². The standard InChI is InChI=1S/C20H32BF2NO3/c1-13(2)11-20(7,24)12-25-16-9-8-14(10-15(16)17(22)23)21-26-18(3,4)19(5,6)27-21/h8-10,13,17H,11-12,24H2,1-7H3/t20-/m0/s1. The van der Waals surface area contributed by atoms with Crippen molar-refractivity contribution in [2.45, 2.75) is 78.1 Å². The summed E-state index contributed by atoms with van der Waals surface area (Å²) in [6.07, 6.45) is -1.93. The lowest BCUT2D eigenvalue weighted by Gasteiger charge is -2.32. The fraction of sp³-hybridized carbons (Fsp3) is 0.700. The average molecular weight is 383 g/mol. The normalized spacial score (nSPS) is 21.0. The van der Waals surface area contributed by atoms with E-state index in [1.807, 2.05) is 34.6 Å². The van der Waals surface area contributed by atoms with Crippen LogP contribution in [0.3, 0.4) is 0 Å². The Balaban J connectivity index is 2.20. The highest BCUT2D eigenvalue weighted by atomic mass is 19.3. The first-order valence-corrected chi connectivity index (χ1v) is 9.43. The molecule has 1 aliphatic heterocycles. The molecule has 1 aromatic carbocycles. The Morgan fingerprint density at radius 1 is 1.15 bits per heavy atom. The van der Waals surface area contributed by atoms with Gasteiger partial charge in [0.25, 0.3) is 6.43 Å². The number of nitrogens with two attached hydrogens (primary N) is 1. The Labute approximate surface area is 161 Å². The maximum atomic E-state index is 13.6. The van der Waals surface area contributed by atoms with Crippen molar-refractivity contribution in [3.63, 3.8) is 0 Å². The molecular formula is C20H32BF2NO3. The number of hydrogen-bond donors (Lipinski definition) is 1. The molecule has 1 saturated heterocycles. The van der Waals surface area contributed by atoms with Gasteiger partial charge < -0.3 is 19.8 Å². The largest absolute Gasteiger partial charge is 0.494 e. The Morgan fingerprint density at radius 3 is 2.19 bits per heavy atom. The van der Waals surface area contributed by atoms with Crippen LogP contribution in [0.5, 0.6) is 5.75 Å². The minimum absolute atomic E-state index is 0.144. The van der Waals surface area contributed by atoms with Crippen molar-refractivity contribution in [1.82, 2.24) is 0 Å². The quantitative estimate of drug-likeness (QED) is 0.722. The van der Waals surface area contributed by atoms with E-state index in [2.05, 4.69) is 13.8 Å². The van der Waals surface area contributed by atoms with Gasteiger partial charge in [-0.3, -0.25) is 0 Å². The molecule has 1 atom stereocenters. The highest BCUT2D eigenvalue weighted by Crippen LogP contribution is 2.37. The zero-order valence-corrected chi connectivity index (χ0v) is 17.4. The molecule has 1 aliphatic rings. The van der Waals surface area contributed by atoms with Crippen molar-refractivity contribution in [2.24, 2.45) is 11.7 Å². The lowest BCUT2D eigenvalue weighted by Crippen LogP contribution is -2.43. The van der Waals surface area contributed by atoms with Crippen LogP contribution < -0.4 is 15.9 Å². The van der Waals surface area contributed by atoms with E-state index in [4.69, 9.17) is 19.8 Å². The molecule has 7 heteroatoms. The second kappa shape index (κ2) is 7.68. The first kappa shape index (κ1) is 22.1. The molecule has 0 bridgehead atoms. The van der Waals surface area contributed by atoms with Crippen molar-refractivity contribution in [3.05, 3.63) is 23.8 Å². The zero-order chi connectivity index (χ0) is 20.6. The number of rotatable bonds is 7. The van der Waals surface area contributed by atoms with E-state index in [1.165, 1.54) is 6.07 Å². The van der Waals surface area contributed by atoms with Crippen molar-refractivity contribution < 1.29 is 22.8 Å². The molecular weight excluding hydrogens is 351 g/mol. The molecule has 1 heterocycles. The highest BCUT2D eigenvalue weighted by Gasteiger charge is 2.51. The molecule has 0 saturated carbocycles. The van der Waals surface area contributed by atoms with Crippen LogP contribution in [0.4, 0.5) is 8.78 Å². The van der Waals surface area contributed by atoms with Crippen LogP contribution in [0.1, 0.15) is 66.9 Å². The van der Waals surface area contributed by atoms with Gasteiger partial charge in [0.2, 0.25) is 0 Å². The SMILES string of the molecule is CC(C)C[C@](C)(N)COc1ccc(B2OC(C)(C)C(C)(C)O2)cc1C(F)F. The Morgan fingerprint density at radius 2 is 1.70 bits per heavy atom. The lowest BCUT2D eigenvalue weighted by atomic mass is 9.78. The second-order valence-electron chi connectivity index (χ2n) is 9.23. The van der Waals surface area contributed by atoms with E-state index < -0.39 is 30.3 Å². The highest BCUT2D eigenvalue weighted by molar-refractivity contribution is 6.62. The summed E-state index contributed by atoms with van der Waals surface area (Å²) in [5.41, 5.74) is 4.95. The van der Waals surface area contributed by atoms with Crippen molar-refractivity contribution >= 4 is 12.6 Å². The maximum absolute atomic E-state index is 13.6. The molecule has 152 valence electrons. The number of hydrogen-bond acceptors (Lipinski definition) is 4. The predicted octanol–water partition coefficient (Wildman–Crippen LogP) is 4.07. The van der Waals surface area contributed by atoms with Crippen LogP contribution in [0.15, 0.2) is 18.2 Å². The summed E-state index contributed by atoms with van der Waals surface area (Å²) in [6, 6.07) is 4.66. The van der Waals surface area contributed by atoms with Gasteiger partial charge in [-0.25, -0.2) is 8.78 Å². The molecule has 1 fully saturated rings. The van der Waals surface area contributed by atoms with Crippen LogP contribution in [0, 0.1) is 5.92 Å². The van der Waals surface area contributed by atoms with E-state index >= 15 is 0 Å². The van der Waals surface area contributed by atoms with Crippen LogP contribution in [0.2, 0.25) is 0 Å². The maximum Gasteiger partial charge on any atom is 0.494 e. The summed E-state index contributed by atoms with van der Waals surface area (Å²) in [7, 11) is -0.692. The van der Waals surface area contributed by atoms with Crippen LogP contribution in [0.25, 0.3) is 0 Å². The van der Waals surface area contributed by atoms with Gasteiger partial charge >= 0.3 is 7.12 Å². The van der Waals surface area contributed by atoms with Crippen LogP contribution in [-0.2, 0) is 9.31 Å². The van der Waals surface area contributed by atoms with Gasteiger partial charge in [0, 0.05) is 5.54 Å². The van der Waals surface area contributed by atoms with Gasteiger partial charge in [-0.1, -0.05) is 19.9 Å². The topological polar surface area (TPSA) is 53.7 Å². The first-order valence-electron chi connectivity index (χ1n) is 9.43. The van der Waals surface area contributed by atoms with Crippen molar-refractivity contribution in [1.29, 1.82) is 0 Å². The van der Waals surface area contributed by atoms with Gasteiger partial charge in [0.1, 0.15) is 12.4 Å². The summed E-state index contributed by atoms with van der Waals surface area (Å²) >= 11 is 0. The van der Waals surface area contributed by atoms with E-state index in [1.54, 1.807) is 12.1 Å². The first-order chi connectivity index (χ1) is 12.2. The number of ether oxygens (including phenoxy) is 1. The molecule has 4 nitrogen and oxygen atoms in total. The predicted molar refractivity (Wildman–Crippen MR) is 105 cm³/mol. The fourth-order valence-corrected chi connectivity index (χ4v) is 3.23.